The zero-order valence-corrected chi connectivity index (χ0v) is 21.4. The smallest absolute Gasteiger partial charge is 0.254 e. The Morgan fingerprint density at radius 2 is 1.67 bits per heavy atom. The minimum atomic E-state index is -0.218. The van der Waals surface area contributed by atoms with Crippen LogP contribution in [-0.4, -0.2) is 29.9 Å². The number of rotatable bonds is 7. The van der Waals surface area contributed by atoms with Crippen molar-refractivity contribution < 1.29 is 18.7 Å². The Hall–Kier alpha value is -4.68. The maximum absolute atomic E-state index is 13.4. The molecule has 0 bridgehead atoms. The number of carbonyl (C=O) groups excluding carboxylic acids is 2. The molecule has 2 amide bonds. The van der Waals surface area contributed by atoms with Crippen LogP contribution in [0.15, 0.2) is 108 Å². The van der Waals surface area contributed by atoms with E-state index in [1.54, 1.807) is 0 Å². The molecule has 2 heterocycles. The second kappa shape index (κ2) is 11.0. The lowest BCUT2D eigenvalue weighted by molar-refractivity contribution is -0.121. The van der Waals surface area contributed by atoms with Crippen molar-refractivity contribution in [1.82, 2.24) is 4.90 Å². The summed E-state index contributed by atoms with van der Waals surface area (Å²) >= 11 is 0. The number of carbonyl (C=O) groups is 2. The normalized spacial score (nSPS) is 12.8. The molecule has 0 saturated heterocycles. The number of hydrogen-bond donors (Lipinski definition) is 1. The van der Waals surface area contributed by atoms with Crippen LogP contribution in [0.2, 0.25) is 0 Å². The van der Waals surface area contributed by atoms with Gasteiger partial charge < -0.3 is 19.4 Å². The number of anilines is 1. The maximum atomic E-state index is 13.4. The summed E-state index contributed by atoms with van der Waals surface area (Å²) in [5.41, 5.74) is 4.28. The molecule has 1 aliphatic heterocycles. The van der Waals surface area contributed by atoms with Gasteiger partial charge in [0.15, 0.2) is 0 Å². The van der Waals surface area contributed by atoms with Crippen molar-refractivity contribution in [3.63, 3.8) is 0 Å². The molecule has 1 aromatic heterocycles. The predicted octanol–water partition coefficient (Wildman–Crippen LogP) is 6.45. The van der Waals surface area contributed by atoms with Gasteiger partial charge in [0.25, 0.3) is 5.91 Å². The number of benzene rings is 4. The van der Waals surface area contributed by atoms with Crippen molar-refractivity contribution in [1.29, 1.82) is 0 Å². The number of furan rings is 1. The molecule has 5 aromatic rings. The van der Waals surface area contributed by atoms with E-state index in [0.29, 0.717) is 31.8 Å². The van der Waals surface area contributed by atoms with E-state index in [0.717, 1.165) is 44.5 Å². The molecular weight excluding hydrogens is 488 g/mol. The van der Waals surface area contributed by atoms with Crippen LogP contribution in [0.4, 0.5) is 5.69 Å². The van der Waals surface area contributed by atoms with E-state index >= 15 is 0 Å². The van der Waals surface area contributed by atoms with Crippen molar-refractivity contribution in [2.75, 3.05) is 18.5 Å². The van der Waals surface area contributed by atoms with E-state index in [9.17, 15) is 9.59 Å². The van der Waals surface area contributed by atoms with Crippen LogP contribution in [-0.2, 0) is 29.1 Å². The second-order valence-electron chi connectivity index (χ2n) is 9.67. The summed E-state index contributed by atoms with van der Waals surface area (Å²) in [5.74, 6) is 1.43. The molecule has 0 saturated carbocycles. The Balaban J connectivity index is 1.12. The third-order valence-electron chi connectivity index (χ3n) is 6.95. The first-order chi connectivity index (χ1) is 19.1. The first-order valence-corrected chi connectivity index (χ1v) is 13.0. The highest BCUT2D eigenvalue weighted by Gasteiger charge is 2.26. The van der Waals surface area contributed by atoms with E-state index in [1.165, 1.54) is 0 Å². The van der Waals surface area contributed by atoms with Gasteiger partial charge in [-0.25, -0.2) is 0 Å². The molecular formula is C33H28N2O4. The number of nitrogens with zero attached hydrogens (tertiary/aromatic N) is 1. The van der Waals surface area contributed by atoms with Gasteiger partial charge in [-0.15, -0.1) is 0 Å². The highest BCUT2D eigenvalue weighted by atomic mass is 16.5. The number of fused-ring (bicyclic) bond motifs is 2. The highest BCUT2D eigenvalue weighted by molar-refractivity contribution is 6.07. The summed E-state index contributed by atoms with van der Waals surface area (Å²) in [6, 6.07) is 33.1. The number of hydrogen-bond acceptors (Lipinski definition) is 4. The summed E-state index contributed by atoms with van der Waals surface area (Å²) < 4.78 is 11.7. The highest BCUT2D eigenvalue weighted by Crippen LogP contribution is 2.32. The number of nitrogens with one attached hydrogen (secondary N) is 1. The lowest BCUT2D eigenvalue weighted by atomic mass is 10.0. The summed E-state index contributed by atoms with van der Waals surface area (Å²) in [6.07, 6.45) is 0.654. The largest absolute Gasteiger partial charge is 0.461 e. The first-order valence-electron chi connectivity index (χ1n) is 13.0. The minimum absolute atomic E-state index is 0.0272. The molecule has 1 N–H and O–H groups in total. The molecule has 6 rings (SSSR count). The minimum Gasteiger partial charge on any atom is -0.461 e. The van der Waals surface area contributed by atoms with Crippen molar-refractivity contribution >= 4 is 28.3 Å². The Kier molecular flexibility index (Phi) is 6.93. The lowest BCUT2D eigenvalue weighted by Gasteiger charge is -2.26. The molecule has 0 radical (unpaired) electrons. The monoisotopic (exact) mass is 516 g/mol. The average Bonchev–Trinajstić information content (AvgIpc) is 3.41. The van der Waals surface area contributed by atoms with Crippen LogP contribution in [0.3, 0.4) is 0 Å². The van der Waals surface area contributed by atoms with Crippen LogP contribution in [0, 0.1) is 0 Å². The molecule has 39 heavy (non-hydrogen) atoms. The predicted molar refractivity (Wildman–Crippen MR) is 151 cm³/mol. The van der Waals surface area contributed by atoms with Gasteiger partial charge >= 0.3 is 0 Å². The summed E-state index contributed by atoms with van der Waals surface area (Å²) in [6.45, 7) is 1.44. The third kappa shape index (κ3) is 5.47. The number of amides is 2. The van der Waals surface area contributed by atoms with Crippen LogP contribution in [0.1, 0.15) is 27.2 Å². The van der Waals surface area contributed by atoms with Crippen LogP contribution in [0.5, 0.6) is 0 Å². The van der Waals surface area contributed by atoms with E-state index in [4.69, 9.17) is 9.15 Å². The summed E-state index contributed by atoms with van der Waals surface area (Å²) in [7, 11) is 0. The van der Waals surface area contributed by atoms with Crippen LogP contribution >= 0.6 is 0 Å². The average molecular weight is 517 g/mol. The standard InChI is InChI=1S/C33H28N2O4/c36-32(22-38-21-23-8-2-1-3-9-23)34-27-13-6-12-25(18-27)31-19-26-20-35(17-16-30(26)39-31)33(37)29-15-7-11-24-10-4-5-14-28(24)29/h1-15,18-19H,16-17,20-22H2,(H,34,36). The van der Waals surface area contributed by atoms with Crippen molar-refractivity contribution in [2.45, 2.75) is 19.6 Å². The lowest BCUT2D eigenvalue weighted by Crippen LogP contribution is -2.35. The quantitative estimate of drug-likeness (QED) is 0.270. The third-order valence-corrected chi connectivity index (χ3v) is 6.95. The van der Waals surface area contributed by atoms with Gasteiger partial charge in [0.2, 0.25) is 5.91 Å². The molecule has 0 aliphatic carbocycles. The molecule has 6 heteroatoms. The van der Waals surface area contributed by atoms with E-state index < -0.39 is 0 Å². The fourth-order valence-corrected chi connectivity index (χ4v) is 5.01. The molecule has 0 atom stereocenters. The molecule has 6 nitrogen and oxygen atoms in total. The van der Waals surface area contributed by atoms with Gasteiger partial charge in [-0.1, -0.05) is 78.9 Å². The molecule has 0 fully saturated rings. The van der Waals surface area contributed by atoms with Crippen molar-refractivity contribution in [2.24, 2.45) is 0 Å². The fraction of sp³-hybridized carbons (Fsp3) is 0.152. The molecule has 4 aromatic carbocycles. The summed E-state index contributed by atoms with van der Waals surface area (Å²) in [5, 5.41) is 4.92. The molecule has 194 valence electrons. The van der Waals surface area contributed by atoms with Gasteiger partial charge in [-0.3, -0.25) is 9.59 Å². The Bertz CT molecular complexity index is 1640. The Morgan fingerprint density at radius 3 is 2.56 bits per heavy atom. The van der Waals surface area contributed by atoms with Crippen molar-refractivity contribution in [3.05, 3.63) is 126 Å². The van der Waals surface area contributed by atoms with Crippen LogP contribution < -0.4 is 5.32 Å². The zero-order chi connectivity index (χ0) is 26.6. The zero-order valence-electron chi connectivity index (χ0n) is 21.4. The molecule has 1 aliphatic rings. The van der Waals surface area contributed by atoms with Gasteiger partial charge in [-0.2, -0.15) is 0 Å². The fourth-order valence-electron chi connectivity index (χ4n) is 5.01. The SMILES string of the molecule is O=C(COCc1ccccc1)Nc1cccc(-c2cc3c(o2)CCN(C(=O)c2cccc4ccccc24)C3)c1. The van der Waals surface area contributed by atoms with Crippen molar-refractivity contribution in [3.8, 4) is 11.3 Å². The summed E-state index contributed by atoms with van der Waals surface area (Å²) in [4.78, 5) is 27.7. The first kappa shape index (κ1) is 24.6. The van der Waals surface area contributed by atoms with E-state index in [1.807, 2.05) is 108 Å². The maximum Gasteiger partial charge on any atom is 0.254 e. The molecule has 0 spiro atoms. The van der Waals surface area contributed by atoms with Gasteiger partial charge in [-0.05, 0) is 40.6 Å². The second-order valence-corrected chi connectivity index (χ2v) is 9.67. The Morgan fingerprint density at radius 1 is 0.872 bits per heavy atom. The van der Waals surface area contributed by atoms with E-state index in [-0.39, 0.29) is 18.4 Å². The Labute approximate surface area is 226 Å². The van der Waals surface area contributed by atoms with Gasteiger partial charge in [0.1, 0.15) is 18.1 Å². The van der Waals surface area contributed by atoms with E-state index in [2.05, 4.69) is 5.32 Å². The molecule has 0 unspecified atom stereocenters. The van der Waals surface area contributed by atoms with Crippen LogP contribution in [0.25, 0.3) is 22.1 Å². The van der Waals surface area contributed by atoms with Gasteiger partial charge in [0, 0.05) is 41.9 Å². The number of ether oxygens (including phenoxy) is 1. The topological polar surface area (TPSA) is 71.8 Å². The van der Waals surface area contributed by atoms with Gasteiger partial charge in [0.05, 0.1) is 6.61 Å².